The van der Waals surface area contributed by atoms with Crippen LogP contribution in [-0.4, -0.2) is 48.6 Å². The fourth-order valence-electron chi connectivity index (χ4n) is 3.88. The molecule has 1 aliphatic heterocycles. The van der Waals surface area contributed by atoms with Crippen molar-refractivity contribution in [1.82, 2.24) is 4.90 Å². The van der Waals surface area contributed by atoms with Crippen molar-refractivity contribution in [2.75, 3.05) is 37.6 Å². The Hall–Kier alpha value is -2.83. The number of aromatic hydroxyl groups is 1. The lowest BCUT2D eigenvalue weighted by molar-refractivity contribution is -0.676. The summed E-state index contributed by atoms with van der Waals surface area (Å²) in [5.74, 6) is 0.464. The van der Waals surface area contributed by atoms with E-state index < -0.39 is 0 Å². The maximum atomic E-state index is 12.9. The molecule has 5 nitrogen and oxygen atoms in total. The number of hydrogen-bond acceptors (Lipinski definition) is 4. The first-order chi connectivity index (χ1) is 14.6. The summed E-state index contributed by atoms with van der Waals surface area (Å²) in [6.07, 6.45) is 0. The fourth-order valence-corrected chi connectivity index (χ4v) is 4.73. The molecule has 6 heteroatoms. The van der Waals surface area contributed by atoms with Crippen LogP contribution >= 0.6 is 11.3 Å². The number of amides is 1. The summed E-state index contributed by atoms with van der Waals surface area (Å²) < 4.78 is 0. The first-order valence-electron chi connectivity index (χ1n) is 10.4. The summed E-state index contributed by atoms with van der Waals surface area (Å²) in [5, 5.41) is 13.7. The summed E-state index contributed by atoms with van der Waals surface area (Å²) in [6.45, 7) is 5.60. The van der Waals surface area contributed by atoms with Crippen molar-refractivity contribution >= 4 is 22.9 Å². The number of anilines is 1. The van der Waals surface area contributed by atoms with Crippen molar-refractivity contribution in [3.63, 3.8) is 0 Å². The molecule has 1 fully saturated rings. The van der Waals surface area contributed by atoms with Crippen molar-refractivity contribution in [2.45, 2.75) is 13.0 Å². The maximum absolute atomic E-state index is 12.9. The number of aryl methyl sites for hydroxylation is 1. The van der Waals surface area contributed by atoms with E-state index in [0.717, 1.165) is 31.9 Å². The minimum atomic E-state index is 0.146. The molecular formula is C24H28N3O2S+. The molecule has 0 unspecified atom stereocenters. The zero-order valence-electron chi connectivity index (χ0n) is 17.2. The van der Waals surface area contributed by atoms with E-state index in [2.05, 4.69) is 58.9 Å². The summed E-state index contributed by atoms with van der Waals surface area (Å²) in [4.78, 5) is 18.4. The van der Waals surface area contributed by atoms with E-state index >= 15 is 0 Å². The minimum Gasteiger partial charge on any atom is -0.508 e. The van der Waals surface area contributed by atoms with Gasteiger partial charge in [0.2, 0.25) is 0 Å². The van der Waals surface area contributed by atoms with Gasteiger partial charge in [-0.3, -0.25) is 4.79 Å². The molecule has 1 aliphatic rings. The Morgan fingerprint density at radius 1 is 1.03 bits per heavy atom. The lowest BCUT2D eigenvalue weighted by Gasteiger charge is -2.36. The average molecular weight is 423 g/mol. The Morgan fingerprint density at radius 3 is 2.37 bits per heavy atom. The molecule has 0 spiro atoms. The van der Waals surface area contributed by atoms with Crippen LogP contribution in [0.4, 0.5) is 5.69 Å². The lowest BCUT2D eigenvalue weighted by atomic mass is 10.0. The van der Waals surface area contributed by atoms with E-state index in [-0.39, 0.29) is 17.7 Å². The number of thiophene rings is 1. The van der Waals surface area contributed by atoms with Gasteiger partial charge >= 0.3 is 0 Å². The molecule has 0 aliphatic carbocycles. The zero-order chi connectivity index (χ0) is 20.9. The van der Waals surface area contributed by atoms with Gasteiger partial charge in [-0.05, 0) is 42.6 Å². The van der Waals surface area contributed by atoms with Crippen LogP contribution in [0, 0.1) is 6.92 Å². The number of phenolic OH excluding ortho intramolecular Hbond substituents is 1. The quantitative estimate of drug-likeness (QED) is 0.642. The van der Waals surface area contributed by atoms with Crippen LogP contribution in [0.25, 0.3) is 0 Å². The number of carbonyl (C=O) groups is 1. The van der Waals surface area contributed by atoms with Crippen LogP contribution in [0.5, 0.6) is 5.75 Å². The molecule has 3 N–H and O–H groups in total. The second-order valence-electron chi connectivity index (χ2n) is 7.73. The second-order valence-corrected chi connectivity index (χ2v) is 8.71. The van der Waals surface area contributed by atoms with Gasteiger partial charge < -0.3 is 20.2 Å². The Labute approximate surface area is 181 Å². The summed E-state index contributed by atoms with van der Waals surface area (Å²) in [6, 6.07) is 20.2. The van der Waals surface area contributed by atoms with Gasteiger partial charge in [0, 0.05) is 37.4 Å². The molecule has 1 aromatic heterocycles. The molecule has 4 rings (SSSR count). The molecule has 0 saturated carbocycles. The summed E-state index contributed by atoms with van der Waals surface area (Å²) >= 11 is 1.74. The van der Waals surface area contributed by atoms with Gasteiger partial charge in [-0.1, -0.05) is 35.9 Å². The van der Waals surface area contributed by atoms with Gasteiger partial charge in [-0.2, -0.15) is 0 Å². The number of carbonyl (C=O) groups excluding carboxylic acids is 1. The topological polar surface area (TPSA) is 60.4 Å². The minimum absolute atomic E-state index is 0.146. The first-order valence-corrected chi connectivity index (χ1v) is 11.2. The van der Waals surface area contributed by atoms with E-state index in [1.165, 1.54) is 16.0 Å². The van der Waals surface area contributed by atoms with Crippen LogP contribution in [0.1, 0.15) is 22.0 Å². The van der Waals surface area contributed by atoms with E-state index in [0.29, 0.717) is 6.54 Å². The molecule has 2 heterocycles. The van der Waals surface area contributed by atoms with E-state index in [9.17, 15) is 9.90 Å². The number of quaternary nitrogens is 1. The molecule has 0 bridgehead atoms. The maximum Gasteiger partial charge on any atom is 0.277 e. The van der Waals surface area contributed by atoms with Crippen LogP contribution < -0.4 is 10.2 Å². The Balaban J connectivity index is 1.35. The molecule has 0 radical (unpaired) electrons. The fraction of sp³-hybridized carbons (Fsp3) is 0.292. The smallest absolute Gasteiger partial charge is 0.277 e. The summed E-state index contributed by atoms with van der Waals surface area (Å²) in [7, 11) is 0. The highest BCUT2D eigenvalue weighted by molar-refractivity contribution is 7.10. The van der Waals surface area contributed by atoms with Crippen LogP contribution in [0.3, 0.4) is 0 Å². The van der Waals surface area contributed by atoms with Crippen molar-refractivity contribution in [3.05, 3.63) is 82.0 Å². The van der Waals surface area contributed by atoms with Crippen molar-refractivity contribution in [2.24, 2.45) is 0 Å². The normalized spacial score (nSPS) is 15.2. The Kier molecular flexibility index (Phi) is 6.35. The van der Waals surface area contributed by atoms with Crippen LogP contribution in [0.2, 0.25) is 0 Å². The number of nitrogens with two attached hydrogens (primary N) is 1. The van der Waals surface area contributed by atoms with Crippen LogP contribution in [-0.2, 0) is 4.79 Å². The van der Waals surface area contributed by atoms with Gasteiger partial charge in [0.05, 0.1) is 4.88 Å². The molecular weight excluding hydrogens is 394 g/mol. The third kappa shape index (κ3) is 4.83. The van der Waals surface area contributed by atoms with E-state index in [1.54, 1.807) is 23.5 Å². The van der Waals surface area contributed by atoms with Gasteiger partial charge in [-0.15, -0.1) is 11.3 Å². The number of benzene rings is 2. The number of piperazine rings is 1. The number of phenols is 1. The van der Waals surface area contributed by atoms with Gasteiger partial charge in [0.15, 0.2) is 6.54 Å². The van der Waals surface area contributed by atoms with E-state index in [1.807, 2.05) is 17.0 Å². The van der Waals surface area contributed by atoms with Gasteiger partial charge in [0.25, 0.3) is 5.91 Å². The Morgan fingerprint density at radius 2 is 1.73 bits per heavy atom. The van der Waals surface area contributed by atoms with Crippen molar-refractivity contribution in [3.8, 4) is 5.75 Å². The predicted molar refractivity (Wildman–Crippen MR) is 121 cm³/mol. The summed E-state index contributed by atoms with van der Waals surface area (Å²) in [5.41, 5.74) is 3.56. The van der Waals surface area contributed by atoms with E-state index in [4.69, 9.17) is 0 Å². The average Bonchev–Trinajstić information content (AvgIpc) is 3.30. The highest BCUT2D eigenvalue weighted by Gasteiger charge is 2.25. The van der Waals surface area contributed by atoms with Crippen LogP contribution in [0.15, 0.2) is 66.0 Å². The predicted octanol–water partition coefficient (Wildman–Crippen LogP) is 2.76. The molecule has 2 aromatic carbocycles. The molecule has 1 atom stereocenters. The molecule has 30 heavy (non-hydrogen) atoms. The highest BCUT2D eigenvalue weighted by Crippen LogP contribution is 2.23. The zero-order valence-corrected chi connectivity index (χ0v) is 18.0. The largest absolute Gasteiger partial charge is 0.508 e. The third-order valence-corrected chi connectivity index (χ3v) is 6.62. The second kappa shape index (κ2) is 9.32. The molecule has 1 saturated heterocycles. The first kappa shape index (κ1) is 20.4. The lowest BCUT2D eigenvalue weighted by Crippen LogP contribution is -2.87. The highest BCUT2D eigenvalue weighted by atomic mass is 32.1. The van der Waals surface area contributed by atoms with Gasteiger partial charge in [-0.25, -0.2) is 0 Å². The standard InChI is InChI=1S/C24H27N3O2S/c1-18-4-6-19(7-5-18)24(22-3-2-16-30-22)25-17-23(29)27-14-12-26(13-15-27)20-8-10-21(28)11-9-20/h2-11,16,24-25,28H,12-15,17H2,1H3/p+1/t24-/m1/s1. The van der Waals surface area contributed by atoms with Crippen molar-refractivity contribution in [1.29, 1.82) is 0 Å². The number of hydrogen-bond donors (Lipinski definition) is 2. The third-order valence-electron chi connectivity index (χ3n) is 5.66. The number of rotatable bonds is 6. The SMILES string of the molecule is Cc1ccc([C@@H]([NH2+]CC(=O)N2CCN(c3ccc(O)cc3)CC2)c2cccs2)cc1. The molecule has 3 aromatic rings. The van der Waals surface area contributed by atoms with Gasteiger partial charge in [0.1, 0.15) is 11.8 Å². The van der Waals surface area contributed by atoms with Crippen molar-refractivity contribution < 1.29 is 15.2 Å². The number of nitrogens with zero attached hydrogens (tertiary/aromatic N) is 2. The Bertz CT molecular complexity index is 947. The monoisotopic (exact) mass is 422 g/mol. The molecule has 156 valence electrons. The molecule has 1 amide bonds.